The number of nitrogens with one attached hydrogen (secondary N) is 2. The quantitative estimate of drug-likeness (QED) is 0.184. The molecule has 0 radical (unpaired) electrons. The Morgan fingerprint density at radius 3 is 2.84 bits per heavy atom. The van der Waals surface area contributed by atoms with Crippen molar-refractivity contribution in [1.82, 2.24) is 9.71 Å². The van der Waals surface area contributed by atoms with E-state index in [2.05, 4.69) is 25.1 Å². The van der Waals surface area contributed by atoms with Gasteiger partial charge in [0.15, 0.2) is 5.13 Å². The van der Waals surface area contributed by atoms with Gasteiger partial charge < -0.3 is 11.2 Å². The van der Waals surface area contributed by atoms with Gasteiger partial charge in [0.05, 0.1) is 16.9 Å². The van der Waals surface area contributed by atoms with Crippen LogP contribution in [0.3, 0.4) is 0 Å². The summed E-state index contributed by atoms with van der Waals surface area (Å²) >= 11 is 3.14. The first-order valence-electron chi connectivity index (χ1n) is 7.18. The van der Waals surface area contributed by atoms with Crippen molar-refractivity contribution in [2.45, 2.75) is 10.6 Å². The molecule has 0 amide bonds. The van der Waals surface area contributed by atoms with Crippen molar-refractivity contribution in [3.8, 4) is 0 Å². The van der Waals surface area contributed by atoms with E-state index in [1.54, 1.807) is 30.0 Å². The molecule has 1 aromatic carbocycles. The van der Waals surface area contributed by atoms with E-state index in [0.29, 0.717) is 6.54 Å². The third-order valence-electron chi connectivity index (χ3n) is 2.78. The molecule has 0 saturated carbocycles. The van der Waals surface area contributed by atoms with Crippen LogP contribution in [0.1, 0.15) is 5.69 Å². The molecule has 1 heterocycles. The molecule has 0 aliphatic carbocycles. The lowest BCUT2D eigenvalue weighted by Gasteiger charge is -2.02. The molecule has 0 saturated heterocycles. The van der Waals surface area contributed by atoms with Gasteiger partial charge in [0, 0.05) is 23.4 Å². The Labute approximate surface area is 154 Å². The zero-order chi connectivity index (χ0) is 18.0. The molecule has 0 aliphatic rings. The van der Waals surface area contributed by atoms with E-state index in [0.717, 1.165) is 22.3 Å². The predicted octanol–water partition coefficient (Wildman–Crippen LogP) is 1.70. The lowest BCUT2D eigenvalue weighted by Crippen LogP contribution is -2.22. The maximum atomic E-state index is 11.9. The van der Waals surface area contributed by atoms with Gasteiger partial charge in [-0.15, -0.1) is 11.3 Å². The number of thioether (sulfide) groups is 1. The Balaban J connectivity index is 1.66. The Morgan fingerprint density at radius 2 is 2.08 bits per heavy atom. The number of hydrogen-bond donors (Lipinski definition) is 3. The van der Waals surface area contributed by atoms with Crippen LogP contribution in [0.25, 0.3) is 0 Å². The monoisotopic (exact) mass is 398 g/mol. The number of nitrogens with zero attached hydrogens (tertiary/aromatic N) is 3. The van der Waals surface area contributed by atoms with Crippen LogP contribution in [-0.4, -0.2) is 38.4 Å². The molecule has 2 aromatic rings. The second-order valence-electron chi connectivity index (χ2n) is 4.59. The number of sulfonamides is 1. The fourth-order valence-electron chi connectivity index (χ4n) is 1.66. The van der Waals surface area contributed by atoms with Gasteiger partial charge in [0.2, 0.25) is 0 Å². The maximum Gasteiger partial charge on any atom is 0.262 e. The topological polar surface area (TPSA) is 122 Å². The second kappa shape index (κ2) is 10.0. The summed E-state index contributed by atoms with van der Waals surface area (Å²) in [6, 6.07) is 8.16. The lowest BCUT2D eigenvalue weighted by atomic mass is 10.4. The van der Waals surface area contributed by atoms with E-state index in [-0.39, 0.29) is 4.90 Å². The van der Waals surface area contributed by atoms with Crippen molar-refractivity contribution < 1.29 is 8.42 Å². The number of thiazole rings is 1. The molecule has 0 unspecified atom stereocenters. The highest BCUT2D eigenvalue weighted by atomic mass is 32.2. The Kier molecular flexibility index (Phi) is 7.70. The Morgan fingerprint density at radius 1 is 1.28 bits per heavy atom. The average Bonchev–Trinajstić information content (AvgIpc) is 3.07. The van der Waals surface area contributed by atoms with Crippen LogP contribution < -0.4 is 15.9 Å². The molecule has 0 atom stereocenters. The molecular formula is C14H18N6O2S3. The maximum absolute atomic E-state index is 11.9. The van der Waals surface area contributed by atoms with Gasteiger partial charge in [-0.25, -0.2) is 13.4 Å². The molecule has 0 bridgehead atoms. The number of anilines is 1. The molecule has 0 spiro atoms. The first-order chi connectivity index (χ1) is 12.1. The zero-order valence-corrected chi connectivity index (χ0v) is 15.6. The van der Waals surface area contributed by atoms with E-state index in [9.17, 15) is 8.42 Å². The highest BCUT2D eigenvalue weighted by Crippen LogP contribution is 2.18. The largest absolute Gasteiger partial charge is 0.322 e. The third kappa shape index (κ3) is 6.72. The summed E-state index contributed by atoms with van der Waals surface area (Å²) in [6.45, 7) is 0.511. The van der Waals surface area contributed by atoms with Crippen LogP contribution in [0.4, 0.5) is 5.13 Å². The Hall–Kier alpha value is -2.11. The predicted molar refractivity (Wildman–Crippen MR) is 105 cm³/mol. The highest BCUT2D eigenvalue weighted by Gasteiger charge is 2.10. The summed E-state index contributed by atoms with van der Waals surface area (Å²) in [6.07, 6.45) is 2.60. The van der Waals surface area contributed by atoms with Crippen molar-refractivity contribution >= 4 is 50.9 Å². The number of hydrazone groups is 1. The smallest absolute Gasteiger partial charge is 0.262 e. The van der Waals surface area contributed by atoms with E-state index in [1.807, 2.05) is 5.38 Å². The van der Waals surface area contributed by atoms with E-state index >= 15 is 0 Å². The van der Waals surface area contributed by atoms with Crippen LogP contribution in [0, 0.1) is 0 Å². The number of rotatable bonds is 10. The summed E-state index contributed by atoms with van der Waals surface area (Å²) < 4.78 is 26.2. The molecule has 8 nitrogen and oxygen atoms in total. The molecule has 25 heavy (non-hydrogen) atoms. The molecule has 0 fully saturated rings. The summed E-state index contributed by atoms with van der Waals surface area (Å²) in [5, 5.41) is 8.88. The van der Waals surface area contributed by atoms with Crippen molar-refractivity contribution in [3.63, 3.8) is 0 Å². The number of aromatic nitrogens is 1. The summed E-state index contributed by atoms with van der Waals surface area (Å²) in [4.78, 5) is 8.63. The summed E-state index contributed by atoms with van der Waals surface area (Å²) in [7, 11) is -3.54. The third-order valence-corrected chi connectivity index (χ3v) is 5.88. The van der Waals surface area contributed by atoms with Crippen LogP contribution in [0.2, 0.25) is 0 Å². The van der Waals surface area contributed by atoms with Gasteiger partial charge >= 0.3 is 0 Å². The second-order valence-corrected chi connectivity index (χ2v) is 8.27. The fraction of sp³-hybridized carbons (Fsp3) is 0.214. The van der Waals surface area contributed by atoms with Gasteiger partial charge in [-0.2, -0.15) is 16.9 Å². The number of hydrogen-bond acceptors (Lipinski definition) is 8. The van der Waals surface area contributed by atoms with Crippen molar-refractivity contribution in [2.24, 2.45) is 15.9 Å². The number of benzene rings is 1. The minimum absolute atomic E-state index is 0.212. The zero-order valence-electron chi connectivity index (χ0n) is 13.2. The average molecular weight is 399 g/mol. The van der Waals surface area contributed by atoms with Gasteiger partial charge in [0.1, 0.15) is 6.34 Å². The summed E-state index contributed by atoms with van der Waals surface area (Å²) in [5.74, 6) is 6.52. The molecule has 1 aromatic heterocycles. The van der Waals surface area contributed by atoms with Crippen molar-refractivity contribution in [3.05, 3.63) is 41.4 Å². The van der Waals surface area contributed by atoms with E-state index in [1.165, 1.54) is 36.1 Å². The van der Waals surface area contributed by atoms with E-state index < -0.39 is 10.0 Å². The van der Waals surface area contributed by atoms with Crippen LogP contribution in [0.15, 0.2) is 50.7 Å². The van der Waals surface area contributed by atoms with Gasteiger partial charge in [-0.05, 0) is 12.1 Å². The lowest BCUT2D eigenvalue weighted by molar-refractivity contribution is 0.593. The highest BCUT2D eigenvalue weighted by molar-refractivity contribution is 7.98. The summed E-state index contributed by atoms with van der Waals surface area (Å²) in [5.41, 5.74) is 0.955. The minimum Gasteiger partial charge on any atom is -0.322 e. The standard InChI is InChI=1S/C14H18N6O2S3/c15-18-11-17-14-20-12(9-24-14)8-23-7-6-16-10-19-25(21,22)13-4-2-1-3-5-13/h1-5,9-11H,6-8,15H2,(H,16,19)(H,17,18,20). The molecule has 11 heteroatoms. The van der Waals surface area contributed by atoms with Crippen LogP contribution in [-0.2, 0) is 15.8 Å². The molecule has 4 N–H and O–H groups in total. The van der Waals surface area contributed by atoms with Crippen molar-refractivity contribution in [1.29, 1.82) is 0 Å². The van der Waals surface area contributed by atoms with Gasteiger partial charge in [-0.1, -0.05) is 18.2 Å². The Bertz CT molecular complexity index is 805. The fourth-order valence-corrected chi connectivity index (χ4v) is 4.05. The number of nitrogens with two attached hydrogens (primary N) is 1. The molecular weight excluding hydrogens is 380 g/mol. The van der Waals surface area contributed by atoms with E-state index in [4.69, 9.17) is 5.84 Å². The minimum atomic E-state index is -3.54. The van der Waals surface area contributed by atoms with Crippen LogP contribution >= 0.6 is 23.1 Å². The first-order valence-corrected chi connectivity index (χ1v) is 10.7. The molecule has 0 aliphatic heterocycles. The van der Waals surface area contributed by atoms with Crippen LogP contribution in [0.5, 0.6) is 0 Å². The molecule has 2 rings (SSSR count). The van der Waals surface area contributed by atoms with Gasteiger partial charge in [0.25, 0.3) is 10.0 Å². The SMILES string of the molecule is NN=CNc1nc(CSCCN=CNS(=O)(=O)c2ccccc2)cs1. The first kappa shape index (κ1) is 19.2. The molecule has 134 valence electrons. The van der Waals surface area contributed by atoms with Crippen molar-refractivity contribution in [2.75, 3.05) is 17.6 Å². The normalized spacial score (nSPS) is 12.0. The number of aliphatic imine (C=N–C) groups is 1. The van der Waals surface area contributed by atoms with Gasteiger partial charge in [-0.3, -0.25) is 9.71 Å².